The minimum Gasteiger partial charge on any atom is -0.489 e. The normalized spacial score (nSPS) is 20.3. The highest BCUT2D eigenvalue weighted by atomic mass is 32.2. The minimum atomic E-state index is 0.221. The molecule has 0 bridgehead atoms. The maximum Gasteiger partial charge on any atom is 0.142 e. The molecule has 94 valence electrons. The Morgan fingerprint density at radius 1 is 1.35 bits per heavy atom. The second kappa shape index (κ2) is 6.20. The van der Waals surface area contributed by atoms with Crippen molar-refractivity contribution in [1.29, 1.82) is 0 Å². The summed E-state index contributed by atoms with van der Waals surface area (Å²) in [4.78, 5) is 0. The van der Waals surface area contributed by atoms with Crippen molar-refractivity contribution in [2.75, 3.05) is 16.8 Å². The molecule has 0 aliphatic carbocycles. The monoisotopic (exact) mass is 251 g/mol. The number of nitrogens with one attached hydrogen (secondary N) is 1. The fourth-order valence-electron chi connectivity index (χ4n) is 2.02. The van der Waals surface area contributed by atoms with Gasteiger partial charge in [0.25, 0.3) is 0 Å². The van der Waals surface area contributed by atoms with Gasteiger partial charge in [0.15, 0.2) is 0 Å². The zero-order valence-corrected chi connectivity index (χ0v) is 11.4. The summed E-state index contributed by atoms with van der Waals surface area (Å²) in [6.07, 6.45) is 2.80. The third kappa shape index (κ3) is 3.84. The molecule has 1 N–H and O–H groups in total. The smallest absolute Gasteiger partial charge is 0.142 e. The summed E-state index contributed by atoms with van der Waals surface area (Å²) < 4.78 is 5.82. The van der Waals surface area contributed by atoms with Gasteiger partial charge in [0.2, 0.25) is 0 Å². The Labute approximate surface area is 108 Å². The van der Waals surface area contributed by atoms with E-state index >= 15 is 0 Å². The zero-order valence-electron chi connectivity index (χ0n) is 10.6. The van der Waals surface area contributed by atoms with Crippen molar-refractivity contribution >= 4 is 17.4 Å². The highest BCUT2D eigenvalue weighted by molar-refractivity contribution is 7.99. The Morgan fingerprint density at radius 2 is 2.18 bits per heavy atom. The second-order valence-corrected chi connectivity index (χ2v) is 5.87. The Bertz CT molecular complexity index is 348. The van der Waals surface area contributed by atoms with Gasteiger partial charge in [-0.25, -0.2) is 0 Å². The van der Waals surface area contributed by atoms with E-state index in [0.717, 1.165) is 11.4 Å². The number of benzene rings is 1. The predicted octanol–water partition coefficient (Wildman–Crippen LogP) is 3.78. The van der Waals surface area contributed by atoms with Crippen LogP contribution in [0.2, 0.25) is 0 Å². The number of thioether (sulfide) groups is 1. The Morgan fingerprint density at radius 3 is 2.88 bits per heavy atom. The van der Waals surface area contributed by atoms with Crippen LogP contribution in [-0.2, 0) is 0 Å². The highest BCUT2D eigenvalue weighted by Crippen LogP contribution is 2.28. The summed E-state index contributed by atoms with van der Waals surface area (Å²) in [5.74, 6) is 3.48. The van der Waals surface area contributed by atoms with Gasteiger partial charge in [-0.2, -0.15) is 11.8 Å². The second-order valence-electron chi connectivity index (χ2n) is 4.72. The molecule has 1 heterocycles. The molecule has 17 heavy (non-hydrogen) atoms. The quantitative estimate of drug-likeness (QED) is 0.880. The fraction of sp³-hybridized carbons (Fsp3) is 0.571. The van der Waals surface area contributed by atoms with Crippen molar-refractivity contribution in [2.24, 2.45) is 0 Å². The molecule has 0 aromatic heterocycles. The van der Waals surface area contributed by atoms with E-state index in [9.17, 15) is 0 Å². The fourth-order valence-corrected chi connectivity index (χ4v) is 3.09. The van der Waals surface area contributed by atoms with Gasteiger partial charge in [0.05, 0.1) is 11.8 Å². The molecule has 1 unspecified atom stereocenters. The summed E-state index contributed by atoms with van der Waals surface area (Å²) >= 11 is 2.04. The number of hydrogen-bond donors (Lipinski definition) is 1. The van der Waals surface area contributed by atoms with Crippen LogP contribution in [0.3, 0.4) is 0 Å². The first-order valence-corrected chi connectivity index (χ1v) is 7.51. The molecule has 2 nitrogen and oxygen atoms in total. The SMILES string of the molecule is CC(C)Oc1ccccc1NC1CCCSC1. The Balaban J connectivity index is 2.03. The first kappa shape index (κ1) is 12.6. The van der Waals surface area contributed by atoms with Gasteiger partial charge >= 0.3 is 0 Å². The summed E-state index contributed by atoms with van der Waals surface area (Å²) in [6.45, 7) is 4.13. The number of ether oxygens (including phenoxy) is 1. The van der Waals surface area contributed by atoms with Gasteiger partial charge in [-0.15, -0.1) is 0 Å². The van der Waals surface area contributed by atoms with Crippen LogP contribution in [0.25, 0.3) is 0 Å². The number of rotatable bonds is 4. The molecule has 0 spiro atoms. The van der Waals surface area contributed by atoms with Gasteiger partial charge in [0, 0.05) is 11.8 Å². The molecule has 1 atom stereocenters. The molecule has 1 aromatic carbocycles. The number of para-hydroxylation sites is 2. The molecule has 0 amide bonds. The van der Waals surface area contributed by atoms with Crippen LogP contribution in [0.4, 0.5) is 5.69 Å². The van der Waals surface area contributed by atoms with Crippen LogP contribution in [0, 0.1) is 0 Å². The van der Waals surface area contributed by atoms with Crippen molar-refractivity contribution in [3.8, 4) is 5.75 Å². The van der Waals surface area contributed by atoms with E-state index in [1.54, 1.807) is 0 Å². The third-order valence-corrected chi connectivity index (χ3v) is 3.99. The van der Waals surface area contributed by atoms with Gasteiger partial charge in [-0.05, 0) is 44.6 Å². The molecule has 2 rings (SSSR count). The van der Waals surface area contributed by atoms with Gasteiger partial charge < -0.3 is 10.1 Å². The van der Waals surface area contributed by atoms with E-state index in [-0.39, 0.29) is 6.10 Å². The molecular formula is C14H21NOS. The zero-order chi connectivity index (χ0) is 12.1. The molecule has 3 heteroatoms. The van der Waals surface area contributed by atoms with Crippen molar-refractivity contribution in [3.05, 3.63) is 24.3 Å². The van der Waals surface area contributed by atoms with E-state index in [0.29, 0.717) is 6.04 Å². The molecular weight excluding hydrogens is 230 g/mol. The lowest BCUT2D eigenvalue weighted by molar-refractivity contribution is 0.243. The highest BCUT2D eigenvalue weighted by Gasteiger charge is 2.15. The Hall–Kier alpha value is -0.830. The van der Waals surface area contributed by atoms with Crippen LogP contribution in [0.5, 0.6) is 5.75 Å². The summed E-state index contributed by atoms with van der Waals surface area (Å²) in [5.41, 5.74) is 1.13. The predicted molar refractivity (Wildman–Crippen MR) is 76.2 cm³/mol. The van der Waals surface area contributed by atoms with Crippen LogP contribution in [0.1, 0.15) is 26.7 Å². The molecule has 1 saturated heterocycles. The molecule has 1 fully saturated rings. The van der Waals surface area contributed by atoms with Crippen LogP contribution in [-0.4, -0.2) is 23.7 Å². The molecule has 0 radical (unpaired) electrons. The first-order chi connectivity index (χ1) is 8.25. The lowest BCUT2D eigenvalue weighted by Gasteiger charge is -2.25. The number of anilines is 1. The summed E-state index contributed by atoms with van der Waals surface area (Å²) in [5, 5.41) is 3.61. The van der Waals surface area contributed by atoms with Crippen LogP contribution in [0.15, 0.2) is 24.3 Å². The van der Waals surface area contributed by atoms with E-state index in [2.05, 4.69) is 31.3 Å². The van der Waals surface area contributed by atoms with Crippen molar-refractivity contribution < 1.29 is 4.74 Å². The van der Waals surface area contributed by atoms with E-state index in [4.69, 9.17) is 4.74 Å². The van der Waals surface area contributed by atoms with Crippen LogP contribution < -0.4 is 10.1 Å². The first-order valence-electron chi connectivity index (χ1n) is 6.35. The van der Waals surface area contributed by atoms with Gasteiger partial charge in [-0.3, -0.25) is 0 Å². The maximum atomic E-state index is 5.82. The van der Waals surface area contributed by atoms with E-state index < -0.39 is 0 Å². The minimum absolute atomic E-state index is 0.221. The van der Waals surface area contributed by atoms with Crippen LogP contribution >= 0.6 is 11.8 Å². The van der Waals surface area contributed by atoms with Gasteiger partial charge in [0.1, 0.15) is 5.75 Å². The van der Waals surface area contributed by atoms with Crippen molar-refractivity contribution in [1.82, 2.24) is 0 Å². The van der Waals surface area contributed by atoms with Crippen molar-refractivity contribution in [3.63, 3.8) is 0 Å². The number of hydrogen-bond acceptors (Lipinski definition) is 3. The van der Waals surface area contributed by atoms with Gasteiger partial charge in [-0.1, -0.05) is 12.1 Å². The lowest BCUT2D eigenvalue weighted by atomic mass is 10.1. The molecule has 0 saturated carbocycles. The molecule has 1 aliphatic heterocycles. The summed E-state index contributed by atoms with van der Waals surface area (Å²) in [6, 6.07) is 8.82. The topological polar surface area (TPSA) is 21.3 Å². The standard InChI is InChI=1S/C14H21NOS/c1-11(2)16-14-8-4-3-7-13(14)15-12-6-5-9-17-10-12/h3-4,7-8,11-12,15H,5-6,9-10H2,1-2H3. The largest absolute Gasteiger partial charge is 0.489 e. The Kier molecular flexibility index (Phi) is 4.60. The van der Waals surface area contributed by atoms with E-state index in [1.807, 2.05) is 23.9 Å². The lowest BCUT2D eigenvalue weighted by Crippen LogP contribution is -2.26. The average Bonchev–Trinajstić information content (AvgIpc) is 2.32. The average molecular weight is 251 g/mol. The molecule has 1 aromatic rings. The van der Waals surface area contributed by atoms with E-state index in [1.165, 1.54) is 24.3 Å². The maximum absolute atomic E-state index is 5.82. The van der Waals surface area contributed by atoms with Crippen molar-refractivity contribution in [2.45, 2.75) is 38.8 Å². The third-order valence-electron chi connectivity index (χ3n) is 2.77. The molecule has 1 aliphatic rings. The summed E-state index contributed by atoms with van der Waals surface area (Å²) in [7, 11) is 0.